The van der Waals surface area contributed by atoms with Gasteiger partial charge in [-0.3, -0.25) is 4.79 Å². The number of hydrogen-bond acceptors (Lipinski definition) is 2. The standard InChI is InChI=1S/C23H24ClFN2O2/c1-29-15-3-14-27(23(28)19-7-9-20(24)10-8-19)17-22-4-2-13-26(22)16-18-5-11-21(25)12-6-18/h2,4-13H,3,14-17H2,1H3. The smallest absolute Gasteiger partial charge is 0.254 e. The molecule has 0 atom stereocenters. The van der Waals surface area contributed by atoms with Crippen LogP contribution in [0.25, 0.3) is 0 Å². The molecule has 0 saturated heterocycles. The number of rotatable bonds is 9. The highest BCUT2D eigenvalue weighted by atomic mass is 35.5. The van der Waals surface area contributed by atoms with E-state index in [9.17, 15) is 9.18 Å². The van der Waals surface area contributed by atoms with Crippen molar-refractivity contribution in [2.24, 2.45) is 0 Å². The van der Waals surface area contributed by atoms with Crippen LogP contribution >= 0.6 is 11.6 Å². The minimum absolute atomic E-state index is 0.0488. The van der Waals surface area contributed by atoms with Crippen molar-refractivity contribution in [1.29, 1.82) is 0 Å². The fourth-order valence-corrected chi connectivity index (χ4v) is 3.28. The first-order chi connectivity index (χ1) is 14.1. The van der Waals surface area contributed by atoms with Gasteiger partial charge in [0.1, 0.15) is 5.82 Å². The molecule has 6 heteroatoms. The zero-order chi connectivity index (χ0) is 20.6. The van der Waals surface area contributed by atoms with Crippen molar-refractivity contribution in [2.75, 3.05) is 20.3 Å². The molecule has 0 N–H and O–H groups in total. The van der Waals surface area contributed by atoms with E-state index in [-0.39, 0.29) is 11.7 Å². The van der Waals surface area contributed by atoms with Gasteiger partial charge in [-0.25, -0.2) is 4.39 Å². The monoisotopic (exact) mass is 414 g/mol. The Morgan fingerprint density at radius 1 is 1.10 bits per heavy atom. The number of amides is 1. The second kappa shape index (κ2) is 10.2. The van der Waals surface area contributed by atoms with E-state index in [4.69, 9.17) is 16.3 Å². The van der Waals surface area contributed by atoms with E-state index in [0.29, 0.717) is 36.8 Å². The fraction of sp³-hybridized carbons (Fsp3) is 0.261. The van der Waals surface area contributed by atoms with E-state index in [0.717, 1.165) is 17.7 Å². The largest absolute Gasteiger partial charge is 0.385 e. The topological polar surface area (TPSA) is 34.5 Å². The molecule has 2 aromatic carbocycles. The maximum absolute atomic E-state index is 13.2. The summed E-state index contributed by atoms with van der Waals surface area (Å²) in [5, 5.41) is 0.598. The Morgan fingerprint density at radius 2 is 1.83 bits per heavy atom. The molecular weight excluding hydrogens is 391 g/mol. The maximum Gasteiger partial charge on any atom is 0.254 e. The van der Waals surface area contributed by atoms with Crippen molar-refractivity contribution >= 4 is 17.5 Å². The van der Waals surface area contributed by atoms with Crippen LogP contribution in [0.1, 0.15) is 28.0 Å². The van der Waals surface area contributed by atoms with Crippen LogP contribution < -0.4 is 0 Å². The molecule has 1 amide bonds. The van der Waals surface area contributed by atoms with Crippen LogP contribution in [0, 0.1) is 5.82 Å². The minimum atomic E-state index is -0.251. The number of nitrogens with zero attached hydrogens (tertiary/aromatic N) is 2. The van der Waals surface area contributed by atoms with Crippen LogP contribution in [0.3, 0.4) is 0 Å². The molecule has 29 heavy (non-hydrogen) atoms. The Bertz CT molecular complexity index is 923. The fourth-order valence-electron chi connectivity index (χ4n) is 3.16. The second-order valence-electron chi connectivity index (χ2n) is 6.83. The molecule has 1 heterocycles. The summed E-state index contributed by atoms with van der Waals surface area (Å²) in [5.41, 5.74) is 2.61. The van der Waals surface area contributed by atoms with Gasteiger partial charge in [0.25, 0.3) is 5.91 Å². The first-order valence-corrected chi connectivity index (χ1v) is 9.87. The first-order valence-electron chi connectivity index (χ1n) is 9.49. The zero-order valence-corrected chi connectivity index (χ0v) is 17.1. The summed E-state index contributed by atoms with van der Waals surface area (Å²) in [5.74, 6) is -0.299. The third-order valence-electron chi connectivity index (χ3n) is 4.70. The number of ether oxygens (including phenoxy) is 1. The van der Waals surface area contributed by atoms with E-state index in [2.05, 4.69) is 4.57 Å². The summed E-state index contributed by atoms with van der Waals surface area (Å²) in [7, 11) is 1.65. The van der Waals surface area contributed by atoms with Crippen molar-refractivity contribution in [3.05, 3.63) is 94.5 Å². The van der Waals surface area contributed by atoms with E-state index >= 15 is 0 Å². The van der Waals surface area contributed by atoms with Crippen molar-refractivity contribution in [3.63, 3.8) is 0 Å². The average molecular weight is 415 g/mol. The van der Waals surface area contributed by atoms with Crippen molar-refractivity contribution in [1.82, 2.24) is 9.47 Å². The maximum atomic E-state index is 13.2. The summed E-state index contributed by atoms with van der Waals surface area (Å²) < 4.78 is 20.4. The van der Waals surface area contributed by atoms with Gasteiger partial charge >= 0.3 is 0 Å². The normalized spacial score (nSPS) is 10.9. The van der Waals surface area contributed by atoms with Crippen molar-refractivity contribution < 1.29 is 13.9 Å². The summed E-state index contributed by atoms with van der Waals surface area (Å²) in [6.45, 7) is 2.25. The Kier molecular flexibility index (Phi) is 7.44. The SMILES string of the molecule is COCCCN(Cc1cccn1Cc1ccc(F)cc1)C(=O)c1ccc(Cl)cc1. The van der Waals surface area contributed by atoms with E-state index in [1.165, 1.54) is 12.1 Å². The molecule has 3 rings (SSSR count). The molecule has 0 spiro atoms. The molecule has 0 aliphatic rings. The third kappa shape index (κ3) is 5.92. The summed E-state index contributed by atoms with van der Waals surface area (Å²) in [6, 6.07) is 17.3. The number of methoxy groups -OCH3 is 1. The number of benzene rings is 2. The number of halogens is 2. The molecule has 0 saturated carbocycles. The molecule has 0 unspecified atom stereocenters. The molecule has 0 radical (unpaired) electrons. The number of aromatic nitrogens is 1. The lowest BCUT2D eigenvalue weighted by molar-refractivity contribution is 0.0720. The van der Waals surface area contributed by atoms with Gasteiger partial charge in [-0.1, -0.05) is 23.7 Å². The van der Waals surface area contributed by atoms with Gasteiger partial charge in [-0.2, -0.15) is 0 Å². The van der Waals surface area contributed by atoms with Gasteiger partial charge in [-0.05, 0) is 60.5 Å². The molecular formula is C23H24ClFN2O2. The average Bonchev–Trinajstić information content (AvgIpc) is 3.16. The Hall–Kier alpha value is -2.63. The lowest BCUT2D eigenvalue weighted by atomic mass is 10.2. The number of hydrogen-bond donors (Lipinski definition) is 0. The van der Waals surface area contributed by atoms with Gasteiger partial charge in [0.15, 0.2) is 0 Å². The molecule has 4 nitrogen and oxygen atoms in total. The molecule has 3 aromatic rings. The predicted octanol–water partition coefficient (Wildman–Crippen LogP) is 5.01. The highest BCUT2D eigenvalue weighted by Crippen LogP contribution is 2.16. The van der Waals surface area contributed by atoms with Crippen LogP contribution in [0.5, 0.6) is 0 Å². The van der Waals surface area contributed by atoms with E-state index in [1.807, 2.05) is 23.2 Å². The predicted molar refractivity (Wildman–Crippen MR) is 113 cm³/mol. The third-order valence-corrected chi connectivity index (χ3v) is 4.95. The molecule has 0 aliphatic carbocycles. The van der Waals surface area contributed by atoms with E-state index < -0.39 is 0 Å². The first kappa shape index (κ1) is 21.1. The van der Waals surface area contributed by atoms with Gasteiger partial charge in [-0.15, -0.1) is 0 Å². The highest BCUT2D eigenvalue weighted by molar-refractivity contribution is 6.30. The van der Waals surface area contributed by atoms with Crippen molar-refractivity contribution in [3.8, 4) is 0 Å². The number of carbonyl (C=O) groups excluding carboxylic acids is 1. The lowest BCUT2D eigenvalue weighted by Crippen LogP contribution is -2.33. The summed E-state index contributed by atoms with van der Waals surface area (Å²) >= 11 is 5.95. The molecule has 0 fully saturated rings. The quantitative estimate of drug-likeness (QED) is 0.461. The zero-order valence-electron chi connectivity index (χ0n) is 16.4. The van der Waals surface area contributed by atoms with Crippen LogP contribution in [0.4, 0.5) is 4.39 Å². The van der Waals surface area contributed by atoms with Gasteiger partial charge in [0.2, 0.25) is 0 Å². The molecule has 0 bridgehead atoms. The summed E-state index contributed by atoms with van der Waals surface area (Å²) in [4.78, 5) is 14.9. The molecule has 0 aliphatic heterocycles. The highest BCUT2D eigenvalue weighted by Gasteiger charge is 2.17. The number of carbonyl (C=O) groups is 1. The van der Waals surface area contributed by atoms with Gasteiger partial charge < -0.3 is 14.2 Å². The van der Waals surface area contributed by atoms with Crippen LogP contribution in [0.2, 0.25) is 5.02 Å². The Morgan fingerprint density at radius 3 is 2.52 bits per heavy atom. The van der Waals surface area contributed by atoms with Crippen molar-refractivity contribution in [2.45, 2.75) is 19.5 Å². The van der Waals surface area contributed by atoms with Crippen LogP contribution in [0.15, 0.2) is 66.9 Å². The Labute approximate surface area is 175 Å². The van der Waals surface area contributed by atoms with Crippen LogP contribution in [-0.2, 0) is 17.8 Å². The summed E-state index contributed by atoms with van der Waals surface area (Å²) in [6.07, 6.45) is 2.72. The van der Waals surface area contributed by atoms with Crippen LogP contribution in [-0.4, -0.2) is 35.6 Å². The second-order valence-corrected chi connectivity index (χ2v) is 7.27. The molecule has 1 aromatic heterocycles. The van der Waals surface area contributed by atoms with Gasteiger partial charge in [0.05, 0.1) is 6.54 Å². The lowest BCUT2D eigenvalue weighted by Gasteiger charge is -2.24. The van der Waals surface area contributed by atoms with Gasteiger partial charge in [0, 0.05) is 49.3 Å². The minimum Gasteiger partial charge on any atom is -0.385 e. The molecule has 152 valence electrons. The van der Waals surface area contributed by atoms with E-state index in [1.54, 1.807) is 43.5 Å². The Balaban J connectivity index is 1.77.